The van der Waals surface area contributed by atoms with Crippen molar-refractivity contribution in [2.45, 2.75) is 51.6 Å². The molecule has 0 radical (unpaired) electrons. The summed E-state index contributed by atoms with van der Waals surface area (Å²) in [5, 5.41) is 9.89. The third-order valence-corrected chi connectivity index (χ3v) is 8.56. The maximum atomic E-state index is 11.3. The molecule has 2 aliphatic rings. The first-order chi connectivity index (χ1) is 22.5. The third kappa shape index (κ3) is 8.68. The van der Waals surface area contributed by atoms with Crippen LogP contribution in [-0.2, 0) is 11.3 Å². The lowest BCUT2D eigenvalue weighted by atomic mass is 9.95. The molecule has 2 fully saturated rings. The van der Waals surface area contributed by atoms with Gasteiger partial charge in [-0.25, -0.2) is 9.97 Å². The molecule has 9 heteroatoms. The number of carbonyl (C=O) groups excluding carboxylic acids is 1. The normalized spacial score (nSPS) is 15.9. The van der Waals surface area contributed by atoms with Crippen LogP contribution in [-0.4, -0.2) is 69.9 Å². The van der Waals surface area contributed by atoms with E-state index in [9.17, 15) is 4.79 Å². The molecular formula is C37H42N8O. The molecule has 9 nitrogen and oxygen atoms in total. The number of nitrogens with one attached hydrogen (secondary N) is 3. The van der Waals surface area contributed by atoms with Crippen LogP contribution in [0.2, 0.25) is 0 Å². The van der Waals surface area contributed by atoms with Gasteiger partial charge >= 0.3 is 0 Å². The summed E-state index contributed by atoms with van der Waals surface area (Å²) < 4.78 is 0. The molecule has 0 atom stereocenters. The van der Waals surface area contributed by atoms with Crippen molar-refractivity contribution in [1.29, 1.82) is 0 Å². The Kier molecular flexibility index (Phi) is 10.2. The summed E-state index contributed by atoms with van der Waals surface area (Å²) in [5.41, 5.74) is 6.45. The molecule has 0 unspecified atom stereocenters. The number of aromatic nitrogens is 3. The smallest absolute Gasteiger partial charge is 0.229 e. The predicted octanol–water partition coefficient (Wildman–Crippen LogP) is 6.13. The Morgan fingerprint density at radius 1 is 0.891 bits per heavy atom. The molecule has 1 aliphatic heterocycles. The van der Waals surface area contributed by atoms with Gasteiger partial charge in [-0.3, -0.25) is 9.69 Å². The van der Waals surface area contributed by atoms with Crippen molar-refractivity contribution >= 4 is 29.0 Å². The highest BCUT2D eigenvalue weighted by molar-refractivity contribution is 5.88. The number of amides is 1. The van der Waals surface area contributed by atoms with E-state index in [0.717, 1.165) is 73.8 Å². The summed E-state index contributed by atoms with van der Waals surface area (Å²) in [6, 6.07) is 20.6. The van der Waals surface area contributed by atoms with Gasteiger partial charge in [0.05, 0.1) is 0 Å². The van der Waals surface area contributed by atoms with Crippen LogP contribution >= 0.6 is 0 Å². The molecule has 4 aromatic rings. The quantitative estimate of drug-likeness (QED) is 0.204. The Balaban J connectivity index is 1.16. The number of carbonyl (C=O) groups is 1. The van der Waals surface area contributed by atoms with Crippen LogP contribution < -0.4 is 16.0 Å². The number of nitrogens with zero attached hydrogens (tertiary/aromatic N) is 5. The maximum Gasteiger partial charge on any atom is 0.229 e. The highest BCUT2D eigenvalue weighted by Gasteiger charge is 2.18. The standard InChI is InChI=1S/C37H42N8O/c1-27(46)40-34-18-19-38-33(24-34)17-12-28-10-15-32(16-11-28)42-37-39-25-35(36(43-37)41-31-6-4-3-5-7-31)30-13-8-29(9-14-30)26-45-22-20-44(2)21-23-45/h8-11,13-16,18-19,24-25,31H,3-7,20-23,26H2,1-2H3,(H,38,40,46)(H2,39,41,42,43). The van der Waals surface area contributed by atoms with E-state index in [1.807, 2.05) is 30.5 Å². The van der Waals surface area contributed by atoms with Gasteiger partial charge in [-0.1, -0.05) is 49.4 Å². The molecule has 1 aliphatic carbocycles. The van der Waals surface area contributed by atoms with Crippen molar-refractivity contribution in [2.24, 2.45) is 0 Å². The van der Waals surface area contributed by atoms with Gasteiger partial charge in [0.15, 0.2) is 0 Å². The van der Waals surface area contributed by atoms with Crippen molar-refractivity contribution < 1.29 is 4.79 Å². The van der Waals surface area contributed by atoms with Crippen molar-refractivity contribution in [3.8, 4) is 23.0 Å². The third-order valence-electron chi connectivity index (χ3n) is 8.56. The van der Waals surface area contributed by atoms with Crippen LogP contribution in [0.3, 0.4) is 0 Å². The second-order valence-corrected chi connectivity index (χ2v) is 12.3. The van der Waals surface area contributed by atoms with Crippen molar-refractivity contribution in [1.82, 2.24) is 24.8 Å². The number of anilines is 4. The fourth-order valence-electron chi connectivity index (χ4n) is 5.94. The van der Waals surface area contributed by atoms with E-state index in [4.69, 9.17) is 9.97 Å². The van der Waals surface area contributed by atoms with Crippen molar-refractivity contribution in [3.63, 3.8) is 0 Å². The van der Waals surface area contributed by atoms with Gasteiger partial charge in [0.1, 0.15) is 11.5 Å². The first kappa shape index (κ1) is 31.2. The van der Waals surface area contributed by atoms with Crippen molar-refractivity contribution in [3.05, 3.63) is 89.9 Å². The highest BCUT2D eigenvalue weighted by atomic mass is 16.1. The molecule has 1 amide bonds. The largest absolute Gasteiger partial charge is 0.367 e. The molecular weight excluding hydrogens is 572 g/mol. The fraction of sp³-hybridized carbons (Fsp3) is 0.351. The molecule has 0 spiro atoms. The van der Waals surface area contributed by atoms with E-state index < -0.39 is 0 Å². The van der Waals surface area contributed by atoms with E-state index >= 15 is 0 Å². The van der Waals surface area contributed by atoms with Gasteiger partial charge in [-0.15, -0.1) is 0 Å². The minimum Gasteiger partial charge on any atom is -0.367 e. The molecule has 3 heterocycles. The van der Waals surface area contributed by atoms with E-state index in [1.165, 1.54) is 31.7 Å². The van der Waals surface area contributed by atoms with E-state index in [0.29, 0.717) is 23.4 Å². The van der Waals surface area contributed by atoms with E-state index in [1.54, 1.807) is 18.3 Å². The Bertz CT molecular complexity index is 1680. The molecule has 2 aromatic heterocycles. The Morgan fingerprint density at radius 2 is 1.65 bits per heavy atom. The molecule has 2 aromatic carbocycles. The molecule has 1 saturated heterocycles. The molecule has 46 heavy (non-hydrogen) atoms. The second kappa shape index (κ2) is 15.0. The van der Waals surface area contributed by atoms with E-state index in [-0.39, 0.29) is 5.91 Å². The first-order valence-electron chi connectivity index (χ1n) is 16.2. The maximum absolute atomic E-state index is 11.3. The van der Waals surface area contributed by atoms with Crippen LogP contribution in [0, 0.1) is 11.8 Å². The highest BCUT2D eigenvalue weighted by Crippen LogP contribution is 2.31. The zero-order chi connectivity index (χ0) is 31.7. The molecule has 1 saturated carbocycles. The van der Waals surface area contributed by atoms with Crippen LogP contribution in [0.25, 0.3) is 11.1 Å². The van der Waals surface area contributed by atoms with Gasteiger partial charge in [0.25, 0.3) is 0 Å². The number of hydrogen-bond acceptors (Lipinski definition) is 8. The minimum atomic E-state index is -0.130. The van der Waals surface area contributed by atoms with E-state index in [2.05, 4.69) is 73.9 Å². The van der Waals surface area contributed by atoms with Crippen LogP contribution in [0.1, 0.15) is 55.8 Å². The first-order valence-corrected chi connectivity index (χ1v) is 16.2. The lowest BCUT2D eigenvalue weighted by Crippen LogP contribution is -2.43. The zero-order valence-electron chi connectivity index (χ0n) is 26.7. The van der Waals surface area contributed by atoms with Gasteiger partial charge in [-0.05, 0) is 73.3 Å². The van der Waals surface area contributed by atoms with Crippen LogP contribution in [0.4, 0.5) is 23.1 Å². The van der Waals surface area contributed by atoms with Crippen LogP contribution in [0.15, 0.2) is 73.1 Å². The van der Waals surface area contributed by atoms with Gasteiger partial charge in [-0.2, -0.15) is 4.98 Å². The SMILES string of the molecule is CC(=O)Nc1ccnc(C#Cc2ccc(Nc3ncc(-c4ccc(CN5CCN(C)CC5)cc4)c(NC4CCCCC4)n3)cc2)c1. The zero-order valence-corrected chi connectivity index (χ0v) is 26.7. The fourth-order valence-corrected chi connectivity index (χ4v) is 5.94. The number of likely N-dealkylation sites (N-methyl/N-ethyl adjacent to an activating group) is 1. The van der Waals surface area contributed by atoms with Gasteiger partial charge in [0.2, 0.25) is 11.9 Å². The number of hydrogen-bond donors (Lipinski definition) is 3. The summed E-state index contributed by atoms with van der Waals surface area (Å²) >= 11 is 0. The Hall–Kier alpha value is -4.78. The summed E-state index contributed by atoms with van der Waals surface area (Å²) in [4.78, 5) is 30.2. The minimum absolute atomic E-state index is 0.130. The molecule has 0 bridgehead atoms. The molecule has 236 valence electrons. The number of piperazine rings is 1. The summed E-state index contributed by atoms with van der Waals surface area (Å²) in [5.74, 6) is 7.50. The van der Waals surface area contributed by atoms with Gasteiger partial charge in [0, 0.05) is 80.6 Å². The Labute approximate surface area is 271 Å². The molecule has 3 N–H and O–H groups in total. The van der Waals surface area contributed by atoms with Crippen LogP contribution in [0.5, 0.6) is 0 Å². The Morgan fingerprint density at radius 3 is 2.39 bits per heavy atom. The predicted molar refractivity (Wildman–Crippen MR) is 185 cm³/mol. The second-order valence-electron chi connectivity index (χ2n) is 12.3. The average Bonchev–Trinajstić information content (AvgIpc) is 3.07. The average molecular weight is 615 g/mol. The topological polar surface area (TPSA) is 98.3 Å². The lowest BCUT2D eigenvalue weighted by molar-refractivity contribution is -0.114. The summed E-state index contributed by atoms with van der Waals surface area (Å²) in [6.07, 6.45) is 9.67. The monoisotopic (exact) mass is 614 g/mol. The molecule has 6 rings (SSSR count). The van der Waals surface area contributed by atoms with Gasteiger partial charge < -0.3 is 20.9 Å². The number of pyridine rings is 1. The summed E-state index contributed by atoms with van der Waals surface area (Å²) in [6.45, 7) is 6.92. The van der Waals surface area contributed by atoms with Crippen molar-refractivity contribution in [2.75, 3.05) is 49.2 Å². The summed E-state index contributed by atoms with van der Waals surface area (Å²) in [7, 11) is 2.19. The lowest BCUT2D eigenvalue weighted by Gasteiger charge is -2.32. The number of benzene rings is 2. The number of rotatable bonds is 8.